The van der Waals surface area contributed by atoms with Gasteiger partial charge < -0.3 is 10.1 Å². The first kappa shape index (κ1) is 13.7. The molecule has 0 aromatic carbocycles. The first-order chi connectivity index (χ1) is 8.11. The van der Waals surface area contributed by atoms with Crippen LogP contribution in [0.4, 0.5) is 0 Å². The van der Waals surface area contributed by atoms with Crippen LogP contribution >= 0.6 is 11.3 Å². The molecule has 0 saturated heterocycles. The van der Waals surface area contributed by atoms with Crippen LogP contribution in [0, 0.1) is 0 Å². The fourth-order valence-corrected chi connectivity index (χ4v) is 2.13. The molecular weight excluding hydrogens is 238 g/mol. The number of aryl methyl sites for hydroxylation is 1. The van der Waals surface area contributed by atoms with Crippen LogP contribution < -0.4 is 5.32 Å². The van der Waals surface area contributed by atoms with E-state index in [-0.39, 0.29) is 24.3 Å². The number of hydrogen-bond acceptors (Lipinski definition) is 4. The number of carbonyl (C=O) groups is 2. The fourth-order valence-electron chi connectivity index (χ4n) is 1.42. The first-order valence-corrected chi connectivity index (χ1v) is 6.38. The van der Waals surface area contributed by atoms with Gasteiger partial charge in [0.25, 0.3) is 0 Å². The molecule has 1 amide bonds. The zero-order chi connectivity index (χ0) is 12.7. The summed E-state index contributed by atoms with van der Waals surface area (Å²) in [6.07, 6.45) is 1.40. The van der Waals surface area contributed by atoms with Crippen molar-refractivity contribution in [1.29, 1.82) is 0 Å². The summed E-state index contributed by atoms with van der Waals surface area (Å²) in [5.74, 6) is -0.342. The van der Waals surface area contributed by atoms with Gasteiger partial charge in [-0.05, 0) is 24.8 Å². The van der Waals surface area contributed by atoms with Gasteiger partial charge in [-0.3, -0.25) is 9.59 Å². The average Bonchev–Trinajstić information content (AvgIpc) is 2.78. The molecule has 94 valence electrons. The first-order valence-electron chi connectivity index (χ1n) is 5.50. The molecule has 1 aromatic heterocycles. The van der Waals surface area contributed by atoms with Crippen molar-refractivity contribution in [1.82, 2.24) is 5.32 Å². The molecule has 1 aromatic rings. The van der Waals surface area contributed by atoms with Gasteiger partial charge in [0, 0.05) is 17.3 Å². The Kier molecular flexibility index (Phi) is 5.69. The molecule has 1 heterocycles. The predicted octanol–water partition coefficient (Wildman–Crippen LogP) is 1.75. The largest absolute Gasteiger partial charge is 0.469 e. The molecule has 0 spiro atoms. The van der Waals surface area contributed by atoms with Crippen LogP contribution in [0.3, 0.4) is 0 Å². The minimum absolute atomic E-state index is 0.0326. The van der Waals surface area contributed by atoms with Crippen molar-refractivity contribution in [2.75, 3.05) is 7.11 Å². The molecule has 4 nitrogen and oxygen atoms in total. The molecule has 5 heteroatoms. The molecular formula is C12H17NO3S. The number of nitrogens with one attached hydrogen (secondary N) is 1. The predicted molar refractivity (Wildman–Crippen MR) is 66.9 cm³/mol. The van der Waals surface area contributed by atoms with E-state index in [1.54, 1.807) is 18.3 Å². The Morgan fingerprint density at radius 1 is 1.53 bits per heavy atom. The molecule has 1 N–H and O–H groups in total. The van der Waals surface area contributed by atoms with E-state index in [0.717, 1.165) is 6.42 Å². The Bertz CT molecular complexity index is 362. The molecule has 0 aliphatic rings. The average molecular weight is 255 g/mol. The summed E-state index contributed by atoms with van der Waals surface area (Å²) >= 11 is 1.64. The van der Waals surface area contributed by atoms with E-state index >= 15 is 0 Å². The van der Waals surface area contributed by atoms with Gasteiger partial charge in [-0.25, -0.2) is 0 Å². The van der Waals surface area contributed by atoms with Gasteiger partial charge in [-0.1, -0.05) is 6.07 Å². The van der Waals surface area contributed by atoms with E-state index in [1.165, 1.54) is 12.0 Å². The summed E-state index contributed by atoms with van der Waals surface area (Å²) in [6, 6.07) is 3.80. The molecule has 0 radical (unpaired) electrons. The number of amides is 1. The van der Waals surface area contributed by atoms with E-state index in [0.29, 0.717) is 6.42 Å². The molecule has 1 rings (SSSR count). The van der Waals surface area contributed by atoms with Crippen molar-refractivity contribution in [3.63, 3.8) is 0 Å². The third-order valence-corrected chi connectivity index (χ3v) is 3.22. The second-order valence-electron chi connectivity index (χ2n) is 3.83. The SMILES string of the molecule is COC(=O)CC(C)NC(=O)CCc1cccs1. The number of carbonyl (C=O) groups excluding carboxylic acids is 2. The highest BCUT2D eigenvalue weighted by Crippen LogP contribution is 2.10. The molecule has 17 heavy (non-hydrogen) atoms. The van der Waals surface area contributed by atoms with Crippen molar-refractivity contribution < 1.29 is 14.3 Å². The Hall–Kier alpha value is -1.36. The quantitative estimate of drug-likeness (QED) is 0.788. The number of esters is 1. The van der Waals surface area contributed by atoms with Crippen molar-refractivity contribution in [3.05, 3.63) is 22.4 Å². The van der Waals surface area contributed by atoms with Gasteiger partial charge in [0.15, 0.2) is 0 Å². The molecule has 0 fully saturated rings. The molecule has 0 aliphatic heterocycles. The molecule has 1 unspecified atom stereocenters. The smallest absolute Gasteiger partial charge is 0.307 e. The van der Waals surface area contributed by atoms with Gasteiger partial charge >= 0.3 is 5.97 Å². The lowest BCUT2D eigenvalue weighted by Crippen LogP contribution is -2.34. The summed E-state index contributed by atoms with van der Waals surface area (Å²) in [6.45, 7) is 1.79. The lowest BCUT2D eigenvalue weighted by Gasteiger charge is -2.12. The monoisotopic (exact) mass is 255 g/mol. The highest BCUT2D eigenvalue weighted by atomic mass is 32.1. The van der Waals surface area contributed by atoms with E-state index in [4.69, 9.17) is 0 Å². The summed E-state index contributed by atoms with van der Waals surface area (Å²) in [7, 11) is 1.34. The van der Waals surface area contributed by atoms with Crippen molar-refractivity contribution in [3.8, 4) is 0 Å². The highest BCUT2D eigenvalue weighted by molar-refractivity contribution is 7.09. The van der Waals surface area contributed by atoms with Gasteiger partial charge in [-0.15, -0.1) is 11.3 Å². The van der Waals surface area contributed by atoms with Crippen LogP contribution in [0.1, 0.15) is 24.6 Å². The second-order valence-corrected chi connectivity index (χ2v) is 4.86. The zero-order valence-electron chi connectivity index (χ0n) is 10.1. The van der Waals surface area contributed by atoms with Crippen molar-refractivity contribution in [2.24, 2.45) is 0 Å². The maximum atomic E-state index is 11.6. The molecule has 0 bridgehead atoms. The number of ether oxygens (including phenoxy) is 1. The standard InChI is InChI=1S/C12H17NO3S/c1-9(8-12(15)16-2)13-11(14)6-5-10-4-3-7-17-10/h3-4,7,9H,5-6,8H2,1-2H3,(H,13,14). The van der Waals surface area contributed by atoms with Crippen LogP contribution in [0.2, 0.25) is 0 Å². The lowest BCUT2D eigenvalue weighted by molar-refractivity contribution is -0.141. The number of rotatable bonds is 6. The fraction of sp³-hybridized carbons (Fsp3) is 0.500. The van der Waals surface area contributed by atoms with E-state index in [1.807, 2.05) is 17.5 Å². The van der Waals surface area contributed by atoms with Crippen LogP contribution in [-0.2, 0) is 20.7 Å². The van der Waals surface area contributed by atoms with E-state index in [9.17, 15) is 9.59 Å². The Balaban J connectivity index is 2.22. The molecule has 0 saturated carbocycles. The van der Waals surface area contributed by atoms with Gasteiger partial charge in [0.05, 0.1) is 13.5 Å². The maximum Gasteiger partial charge on any atom is 0.307 e. The highest BCUT2D eigenvalue weighted by Gasteiger charge is 2.11. The van der Waals surface area contributed by atoms with E-state index < -0.39 is 0 Å². The van der Waals surface area contributed by atoms with Gasteiger partial charge in [0.2, 0.25) is 5.91 Å². The molecule has 1 atom stereocenters. The van der Waals surface area contributed by atoms with Crippen molar-refractivity contribution >= 4 is 23.2 Å². The van der Waals surface area contributed by atoms with Gasteiger partial charge in [0.1, 0.15) is 0 Å². The third-order valence-electron chi connectivity index (χ3n) is 2.29. The minimum atomic E-state index is -0.309. The Labute approximate surface area is 105 Å². The Morgan fingerprint density at radius 3 is 2.88 bits per heavy atom. The molecule has 0 aliphatic carbocycles. The van der Waals surface area contributed by atoms with Crippen LogP contribution in [0.25, 0.3) is 0 Å². The van der Waals surface area contributed by atoms with Crippen molar-refractivity contribution in [2.45, 2.75) is 32.2 Å². The normalized spacial score (nSPS) is 11.9. The number of methoxy groups -OCH3 is 1. The number of thiophene rings is 1. The second kappa shape index (κ2) is 7.06. The summed E-state index contributed by atoms with van der Waals surface area (Å²) in [4.78, 5) is 23.7. The summed E-state index contributed by atoms with van der Waals surface area (Å²) < 4.78 is 4.53. The van der Waals surface area contributed by atoms with Crippen LogP contribution in [0.5, 0.6) is 0 Å². The van der Waals surface area contributed by atoms with Crippen LogP contribution in [-0.4, -0.2) is 25.0 Å². The zero-order valence-corrected chi connectivity index (χ0v) is 10.9. The maximum absolute atomic E-state index is 11.6. The summed E-state index contributed by atoms with van der Waals surface area (Å²) in [5.41, 5.74) is 0. The topological polar surface area (TPSA) is 55.4 Å². The third kappa shape index (κ3) is 5.49. The van der Waals surface area contributed by atoms with E-state index in [2.05, 4.69) is 10.1 Å². The lowest BCUT2D eigenvalue weighted by atomic mass is 10.2. The van der Waals surface area contributed by atoms with Crippen LogP contribution in [0.15, 0.2) is 17.5 Å². The summed E-state index contributed by atoms with van der Waals surface area (Å²) in [5, 5.41) is 4.77. The minimum Gasteiger partial charge on any atom is -0.469 e. The Morgan fingerprint density at radius 2 is 2.29 bits per heavy atom. The van der Waals surface area contributed by atoms with Gasteiger partial charge in [-0.2, -0.15) is 0 Å². The number of hydrogen-bond donors (Lipinski definition) is 1.